The molecule has 0 saturated heterocycles. The average Bonchev–Trinajstić information content (AvgIpc) is 2.48. The molecule has 0 radical (unpaired) electrons. The molecule has 0 saturated carbocycles. The molecule has 0 bridgehead atoms. The van der Waals surface area contributed by atoms with Gasteiger partial charge in [-0.15, -0.1) is 12.4 Å². The highest BCUT2D eigenvalue weighted by Gasteiger charge is 2.34. The van der Waals surface area contributed by atoms with Crippen LogP contribution in [0.3, 0.4) is 0 Å². The van der Waals surface area contributed by atoms with Gasteiger partial charge in [-0.3, -0.25) is 10.6 Å². The summed E-state index contributed by atoms with van der Waals surface area (Å²) in [5.41, 5.74) is 2.52. The number of rotatable bonds is 3. The number of hydrogen-bond donors (Lipinski definition) is 4. The predicted octanol–water partition coefficient (Wildman–Crippen LogP) is 2.44. The number of nitrogen functional groups attached to an aromatic ring is 1. The van der Waals surface area contributed by atoms with E-state index in [4.69, 9.17) is 16.1 Å². The summed E-state index contributed by atoms with van der Waals surface area (Å²) in [5.74, 6) is 3.04. The molecular formula is C15H19ClN2O4. The van der Waals surface area contributed by atoms with Gasteiger partial charge in [0.2, 0.25) is 0 Å². The third-order valence-corrected chi connectivity index (χ3v) is 3.02. The van der Waals surface area contributed by atoms with E-state index < -0.39 is 17.4 Å². The lowest BCUT2D eigenvalue weighted by molar-refractivity contribution is -0.145. The topological polar surface area (TPSA) is 113 Å². The Balaban J connectivity index is 0.000000423. The summed E-state index contributed by atoms with van der Waals surface area (Å²) in [4.78, 5) is 21.3. The molecule has 1 aliphatic rings. The first kappa shape index (κ1) is 19.7. The van der Waals surface area contributed by atoms with Crippen LogP contribution in [0.5, 0.6) is 0 Å². The number of carboxylic acid groups (broad SMARTS) is 2. The summed E-state index contributed by atoms with van der Waals surface area (Å²) in [6.45, 7) is 1.50. The molecule has 1 aromatic carbocycles. The maximum atomic E-state index is 10.8. The molecule has 0 heterocycles. The Hall–Kier alpha value is -2.31. The molecule has 1 atom stereocenters. The highest BCUT2D eigenvalue weighted by Crippen LogP contribution is 2.31. The van der Waals surface area contributed by atoms with Crippen molar-refractivity contribution in [1.29, 1.82) is 0 Å². The summed E-state index contributed by atoms with van der Waals surface area (Å²) in [6.07, 6.45) is 4.43. The molecule has 1 aromatic rings. The molecule has 1 unspecified atom stereocenters. The van der Waals surface area contributed by atoms with Gasteiger partial charge in [0.1, 0.15) is 0 Å². The molecule has 7 heteroatoms. The van der Waals surface area contributed by atoms with Crippen LogP contribution in [0.2, 0.25) is 0 Å². The lowest BCUT2D eigenvalue weighted by Crippen LogP contribution is -2.28. The van der Waals surface area contributed by atoms with Crippen molar-refractivity contribution < 1.29 is 19.8 Å². The molecule has 0 spiro atoms. The third-order valence-electron chi connectivity index (χ3n) is 3.02. The van der Waals surface area contributed by atoms with E-state index in [0.29, 0.717) is 0 Å². The first-order valence-corrected chi connectivity index (χ1v) is 6.26. The minimum atomic E-state index is -1.08. The van der Waals surface area contributed by atoms with Crippen LogP contribution in [0.25, 0.3) is 0 Å². The number of allylic oxidation sites excluding steroid dienone is 2. The highest BCUT2D eigenvalue weighted by atomic mass is 35.5. The monoisotopic (exact) mass is 326 g/mol. The number of nitrogens with one attached hydrogen (secondary N) is 1. The Bertz CT molecular complexity index is 572. The van der Waals surface area contributed by atoms with Gasteiger partial charge in [-0.2, -0.15) is 0 Å². The maximum Gasteiger partial charge on any atom is 0.331 e. The fraction of sp³-hybridized carbons (Fsp3) is 0.200. The number of carboxylic acids is 2. The molecule has 0 aliphatic heterocycles. The SMILES string of the molecule is CC1(C(=O)O)C=CC=C(C(=O)O)C1.Cl.NNc1ccccc1. The Morgan fingerprint density at radius 1 is 1.23 bits per heavy atom. The summed E-state index contributed by atoms with van der Waals surface area (Å²) in [6, 6.07) is 9.60. The van der Waals surface area contributed by atoms with Crippen molar-refractivity contribution in [2.45, 2.75) is 13.3 Å². The van der Waals surface area contributed by atoms with Gasteiger partial charge >= 0.3 is 11.9 Å². The molecule has 120 valence electrons. The van der Waals surface area contributed by atoms with Gasteiger partial charge in [0.25, 0.3) is 0 Å². The number of para-hydroxylation sites is 1. The smallest absolute Gasteiger partial charge is 0.331 e. The molecule has 0 aromatic heterocycles. The van der Waals surface area contributed by atoms with E-state index in [-0.39, 0.29) is 24.4 Å². The Morgan fingerprint density at radius 2 is 1.82 bits per heavy atom. The van der Waals surface area contributed by atoms with Gasteiger partial charge in [-0.1, -0.05) is 36.4 Å². The molecule has 6 nitrogen and oxygen atoms in total. The normalized spacial score (nSPS) is 18.9. The van der Waals surface area contributed by atoms with Crippen LogP contribution in [0.1, 0.15) is 13.3 Å². The van der Waals surface area contributed by atoms with Crippen molar-refractivity contribution in [2.24, 2.45) is 11.3 Å². The van der Waals surface area contributed by atoms with Crippen LogP contribution in [0.15, 0.2) is 54.1 Å². The molecular weight excluding hydrogens is 308 g/mol. The number of carbonyl (C=O) groups is 2. The molecule has 1 aliphatic carbocycles. The largest absolute Gasteiger partial charge is 0.481 e. The Morgan fingerprint density at radius 3 is 2.23 bits per heavy atom. The van der Waals surface area contributed by atoms with Gasteiger partial charge in [0.15, 0.2) is 0 Å². The summed E-state index contributed by atoms with van der Waals surface area (Å²) in [5, 5.41) is 17.5. The molecule has 2 rings (SSSR count). The van der Waals surface area contributed by atoms with Crippen molar-refractivity contribution in [3.05, 3.63) is 54.1 Å². The lowest BCUT2D eigenvalue weighted by atomic mass is 9.80. The van der Waals surface area contributed by atoms with Crippen LogP contribution < -0.4 is 11.3 Å². The lowest BCUT2D eigenvalue weighted by Gasteiger charge is -2.23. The van der Waals surface area contributed by atoms with E-state index in [2.05, 4.69) is 5.43 Å². The number of anilines is 1. The van der Waals surface area contributed by atoms with Crippen LogP contribution in [0, 0.1) is 5.41 Å². The molecule has 5 N–H and O–H groups in total. The molecule has 22 heavy (non-hydrogen) atoms. The zero-order valence-corrected chi connectivity index (χ0v) is 12.8. The number of hydrazine groups is 1. The standard InChI is InChI=1S/C9H10O4.C6H8N2.ClH/c1-9(8(12)13)4-2-3-6(5-9)7(10)11;7-8-6-4-2-1-3-5-6;/h2-4H,5H2,1H3,(H,10,11)(H,12,13);1-5,8H,7H2;1H. The van der Waals surface area contributed by atoms with Crippen molar-refractivity contribution in [1.82, 2.24) is 0 Å². The van der Waals surface area contributed by atoms with E-state index in [1.807, 2.05) is 30.3 Å². The summed E-state index contributed by atoms with van der Waals surface area (Å²) >= 11 is 0. The van der Waals surface area contributed by atoms with Crippen LogP contribution >= 0.6 is 12.4 Å². The van der Waals surface area contributed by atoms with E-state index in [0.717, 1.165) is 5.69 Å². The van der Waals surface area contributed by atoms with Crippen molar-refractivity contribution in [2.75, 3.05) is 5.43 Å². The number of halogens is 1. The second-order valence-electron chi connectivity index (χ2n) is 4.77. The second-order valence-corrected chi connectivity index (χ2v) is 4.77. The molecule has 0 fully saturated rings. The summed E-state index contributed by atoms with van der Waals surface area (Å²) < 4.78 is 0. The number of benzene rings is 1. The van der Waals surface area contributed by atoms with E-state index >= 15 is 0 Å². The second kappa shape index (κ2) is 8.86. The Labute approximate surface area is 134 Å². The first-order valence-electron chi connectivity index (χ1n) is 6.26. The van der Waals surface area contributed by atoms with E-state index in [1.54, 1.807) is 0 Å². The number of nitrogens with two attached hydrogens (primary N) is 1. The zero-order chi connectivity index (χ0) is 15.9. The van der Waals surface area contributed by atoms with Crippen molar-refractivity contribution in [3.8, 4) is 0 Å². The fourth-order valence-corrected chi connectivity index (χ4v) is 1.72. The van der Waals surface area contributed by atoms with Gasteiger partial charge in [0, 0.05) is 11.3 Å². The molecule has 0 amide bonds. The number of aliphatic carboxylic acids is 2. The number of hydrogen-bond acceptors (Lipinski definition) is 4. The fourth-order valence-electron chi connectivity index (χ4n) is 1.72. The Kier molecular flexibility index (Phi) is 7.93. The maximum absolute atomic E-state index is 10.8. The van der Waals surface area contributed by atoms with Gasteiger partial charge < -0.3 is 15.6 Å². The summed E-state index contributed by atoms with van der Waals surface area (Å²) in [7, 11) is 0. The average molecular weight is 327 g/mol. The van der Waals surface area contributed by atoms with Crippen LogP contribution in [-0.4, -0.2) is 22.2 Å². The van der Waals surface area contributed by atoms with Gasteiger partial charge in [-0.05, 0) is 25.5 Å². The van der Waals surface area contributed by atoms with E-state index in [1.165, 1.54) is 25.2 Å². The van der Waals surface area contributed by atoms with Crippen LogP contribution in [0.4, 0.5) is 5.69 Å². The van der Waals surface area contributed by atoms with Gasteiger partial charge in [-0.25, -0.2) is 4.79 Å². The predicted molar refractivity (Wildman–Crippen MR) is 86.7 cm³/mol. The minimum Gasteiger partial charge on any atom is -0.481 e. The third kappa shape index (κ3) is 5.59. The van der Waals surface area contributed by atoms with Crippen molar-refractivity contribution in [3.63, 3.8) is 0 Å². The quantitative estimate of drug-likeness (QED) is 0.501. The van der Waals surface area contributed by atoms with Gasteiger partial charge in [0.05, 0.1) is 5.41 Å². The zero-order valence-electron chi connectivity index (χ0n) is 12.0. The van der Waals surface area contributed by atoms with Crippen LogP contribution in [-0.2, 0) is 9.59 Å². The van der Waals surface area contributed by atoms with Crippen molar-refractivity contribution >= 4 is 30.0 Å². The highest BCUT2D eigenvalue weighted by molar-refractivity contribution is 5.90. The minimum absolute atomic E-state index is 0. The first-order chi connectivity index (χ1) is 9.89. The van der Waals surface area contributed by atoms with E-state index in [9.17, 15) is 9.59 Å².